The molecule has 152 valence electrons. The van der Waals surface area contributed by atoms with Crippen molar-refractivity contribution in [3.8, 4) is 0 Å². The van der Waals surface area contributed by atoms with Crippen LogP contribution in [0.5, 0.6) is 0 Å². The monoisotopic (exact) mass is 385 g/mol. The summed E-state index contributed by atoms with van der Waals surface area (Å²) in [5.41, 5.74) is 3.09. The fourth-order valence-corrected chi connectivity index (χ4v) is 4.33. The normalized spacial score (nSPS) is 22.8. The largest absolute Gasteiger partial charge is 0.374 e. The van der Waals surface area contributed by atoms with Gasteiger partial charge in [-0.15, -0.1) is 0 Å². The Bertz CT molecular complexity index is 767. The molecule has 0 aromatic heterocycles. The third kappa shape index (κ3) is 4.40. The summed E-state index contributed by atoms with van der Waals surface area (Å²) in [7, 11) is 2.00. The van der Waals surface area contributed by atoms with Gasteiger partial charge in [0.15, 0.2) is 0 Å². The van der Waals surface area contributed by atoms with E-state index in [1.165, 1.54) is 19.3 Å². The predicted molar refractivity (Wildman–Crippen MR) is 112 cm³/mol. The topological polar surface area (TPSA) is 35.6 Å². The molecular weight excluding hydrogens is 353 g/mol. The number of carbonyl (C=O) groups is 1. The van der Waals surface area contributed by atoms with Crippen LogP contribution in [0, 0.1) is 12.7 Å². The lowest BCUT2D eigenvalue weighted by atomic mass is 9.95. The highest BCUT2D eigenvalue weighted by Gasteiger charge is 2.31. The van der Waals surface area contributed by atoms with Gasteiger partial charge in [-0.1, -0.05) is 44.1 Å². The number of allylic oxidation sites excluding steroid dienone is 2. The summed E-state index contributed by atoms with van der Waals surface area (Å²) in [5.74, 6) is -0.257. The van der Waals surface area contributed by atoms with Crippen LogP contribution < -0.4 is 5.32 Å². The third-order valence-electron chi connectivity index (χ3n) is 5.97. The van der Waals surface area contributed by atoms with Gasteiger partial charge in [0.2, 0.25) is 0 Å². The lowest BCUT2D eigenvalue weighted by Crippen LogP contribution is -2.56. The van der Waals surface area contributed by atoms with E-state index in [2.05, 4.69) is 23.7 Å². The van der Waals surface area contributed by atoms with Crippen molar-refractivity contribution in [1.29, 1.82) is 0 Å². The number of piperazine rings is 1. The van der Waals surface area contributed by atoms with Crippen LogP contribution in [0.15, 0.2) is 36.6 Å². The molecule has 3 rings (SSSR count). The van der Waals surface area contributed by atoms with E-state index in [9.17, 15) is 9.18 Å². The SMILES string of the molecule is C=C/C(=C1/CN(C(=O)NC2CCCCC2)C(C)CN1C)c1ccc(C)cc1F. The number of rotatable bonds is 3. The maximum Gasteiger partial charge on any atom is 0.318 e. The molecule has 4 nitrogen and oxygen atoms in total. The fourth-order valence-electron chi connectivity index (χ4n) is 4.33. The number of urea groups is 1. The van der Waals surface area contributed by atoms with Gasteiger partial charge in [-0.25, -0.2) is 9.18 Å². The van der Waals surface area contributed by atoms with E-state index in [0.717, 1.165) is 29.7 Å². The van der Waals surface area contributed by atoms with E-state index < -0.39 is 0 Å². The Balaban J connectivity index is 1.86. The second kappa shape index (κ2) is 8.80. The van der Waals surface area contributed by atoms with E-state index in [-0.39, 0.29) is 23.9 Å². The maximum absolute atomic E-state index is 14.6. The summed E-state index contributed by atoms with van der Waals surface area (Å²) >= 11 is 0. The Morgan fingerprint density at radius 2 is 2.00 bits per heavy atom. The molecule has 1 atom stereocenters. The molecule has 1 saturated carbocycles. The van der Waals surface area contributed by atoms with E-state index in [1.54, 1.807) is 18.2 Å². The highest BCUT2D eigenvalue weighted by atomic mass is 19.1. The Hall–Kier alpha value is -2.30. The fraction of sp³-hybridized carbons (Fsp3) is 0.522. The van der Waals surface area contributed by atoms with Gasteiger partial charge in [-0.2, -0.15) is 0 Å². The van der Waals surface area contributed by atoms with Gasteiger partial charge in [0.05, 0.1) is 6.54 Å². The third-order valence-corrected chi connectivity index (χ3v) is 5.97. The van der Waals surface area contributed by atoms with Gasteiger partial charge in [-0.3, -0.25) is 0 Å². The number of nitrogens with one attached hydrogen (secondary N) is 1. The van der Waals surface area contributed by atoms with Crippen molar-refractivity contribution in [2.75, 3.05) is 20.1 Å². The Morgan fingerprint density at radius 3 is 2.64 bits per heavy atom. The van der Waals surface area contributed by atoms with Gasteiger partial charge >= 0.3 is 6.03 Å². The molecule has 1 aliphatic carbocycles. The molecule has 0 radical (unpaired) electrons. The first-order valence-corrected chi connectivity index (χ1v) is 10.3. The summed E-state index contributed by atoms with van der Waals surface area (Å²) in [6, 6.07) is 5.59. The highest BCUT2D eigenvalue weighted by molar-refractivity contribution is 5.79. The van der Waals surface area contributed by atoms with Crippen molar-refractivity contribution >= 4 is 11.6 Å². The number of aryl methyl sites for hydroxylation is 1. The molecule has 5 heteroatoms. The van der Waals surface area contributed by atoms with E-state index in [0.29, 0.717) is 18.7 Å². The molecule has 1 saturated heterocycles. The van der Waals surface area contributed by atoms with Crippen LogP contribution >= 0.6 is 0 Å². The van der Waals surface area contributed by atoms with Crippen LogP contribution in [-0.2, 0) is 0 Å². The number of hydrogen-bond donors (Lipinski definition) is 1. The second-order valence-electron chi connectivity index (χ2n) is 8.19. The van der Waals surface area contributed by atoms with Gasteiger partial charge in [0, 0.05) is 42.5 Å². The van der Waals surface area contributed by atoms with Gasteiger partial charge in [0.25, 0.3) is 0 Å². The minimum atomic E-state index is -0.257. The van der Waals surface area contributed by atoms with Gasteiger partial charge in [0.1, 0.15) is 5.82 Å². The van der Waals surface area contributed by atoms with Crippen molar-refractivity contribution in [3.05, 3.63) is 53.5 Å². The van der Waals surface area contributed by atoms with Crippen LogP contribution in [0.1, 0.15) is 50.2 Å². The van der Waals surface area contributed by atoms with E-state index in [1.807, 2.05) is 24.9 Å². The molecular formula is C23H32FN3O. The minimum Gasteiger partial charge on any atom is -0.374 e. The number of carbonyl (C=O) groups excluding carboxylic acids is 1. The second-order valence-corrected chi connectivity index (χ2v) is 8.19. The van der Waals surface area contributed by atoms with Crippen molar-refractivity contribution in [3.63, 3.8) is 0 Å². The molecule has 1 aliphatic heterocycles. The first-order chi connectivity index (χ1) is 13.4. The van der Waals surface area contributed by atoms with Crippen LogP contribution in [0.2, 0.25) is 0 Å². The smallest absolute Gasteiger partial charge is 0.318 e. The maximum atomic E-state index is 14.6. The van der Waals surface area contributed by atoms with Gasteiger partial charge < -0.3 is 15.1 Å². The Morgan fingerprint density at radius 1 is 1.29 bits per heavy atom. The number of benzene rings is 1. The predicted octanol–water partition coefficient (Wildman–Crippen LogP) is 4.71. The van der Waals surface area contributed by atoms with Crippen LogP contribution in [0.3, 0.4) is 0 Å². The number of amides is 2. The lowest BCUT2D eigenvalue weighted by Gasteiger charge is -2.42. The standard InChI is InChI=1S/C23H32FN3O/c1-5-19(20-12-11-16(2)13-21(20)24)22-15-27(17(3)14-26(22)4)23(28)25-18-9-7-6-8-10-18/h5,11-13,17-18H,1,6-10,14-15H2,2-4H3,(H,25,28)/b22-19+. The van der Waals surface area contributed by atoms with Crippen LogP contribution in [0.4, 0.5) is 9.18 Å². The molecule has 1 unspecified atom stereocenters. The molecule has 2 fully saturated rings. The molecule has 0 bridgehead atoms. The summed E-state index contributed by atoms with van der Waals surface area (Å²) < 4.78 is 14.6. The number of hydrogen-bond acceptors (Lipinski definition) is 2. The Kier molecular flexibility index (Phi) is 6.42. The lowest BCUT2D eigenvalue weighted by molar-refractivity contribution is 0.139. The number of halogens is 1. The van der Waals surface area contributed by atoms with Crippen LogP contribution in [0.25, 0.3) is 5.57 Å². The van der Waals surface area contributed by atoms with E-state index in [4.69, 9.17) is 0 Å². The first kappa shape index (κ1) is 20.4. The average molecular weight is 386 g/mol. The number of nitrogens with zero attached hydrogens (tertiary/aromatic N) is 2. The zero-order valence-electron chi connectivity index (χ0n) is 17.3. The summed E-state index contributed by atoms with van der Waals surface area (Å²) in [6.45, 7) is 9.02. The minimum absolute atomic E-state index is 0.0159. The average Bonchev–Trinajstić information content (AvgIpc) is 2.66. The molecule has 0 spiro atoms. The number of likely N-dealkylation sites (N-methyl/N-ethyl adjacent to an activating group) is 1. The molecule has 1 aromatic rings. The quantitative estimate of drug-likeness (QED) is 0.818. The molecule has 1 N–H and O–H groups in total. The van der Waals surface area contributed by atoms with E-state index >= 15 is 0 Å². The molecule has 28 heavy (non-hydrogen) atoms. The zero-order valence-corrected chi connectivity index (χ0v) is 17.3. The van der Waals surface area contributed by atoms with Crippen LogP contribution in [-0.4, -0.2) is 48.1 Å². The molecule has 2 aliphatic rings. The van der Waals surface area contributed by atoms with Gasteiger partial charge in [-0.05, 0) is 38.3 Å². The van der Waals surface area contributed by atoms with Crippen molar-refractivity contribution in [2.45, 2.75) is 58.0 Å². The van der Waals surface area contributed by atoms with Crippen molar-refractivity contribution in [2.24, 2.45) is 0 Å². The summed E-state index contributed by atoms with van der Waals surface area (Å²) in [6.07, 6.45) is 7.44. The molecule has 2 amide bonds. The first-order valence-electron chi connectivity index (χ1n) is 10.3. The highest BCUT2D eigenvalue weighted by Crippen LogP contribution is 2.29. The molecule has 1 heterocycles. The zero-order chi connectivity index (χ0) is 20.3. The van der Waals surface area contributed by atoms with Crippen molar-refractivity contribution in [1.82, 2.24) is 15.1 Å². The van der Waals surface area contributed by atoms with Crippen molar-refractivity contribution < 1.29 is 9.18 Å². The molecule has 1 aromatic carbocycles. The summed E-state index contributed by atoms with van der Waals surface area (Å²) in [4.78, 5) is 17.0. The summed E-state index contributed by atoms with van der Waals surface area (Å²) in [5, 5.41) is 3.22. The Labute approximate surface area is 168 Å².